The molecule has 2 aromatic rings. The van der Waals surface area contributed by atoms with E-state index in [1.54, 1.807) is 0 Å². The Kier molecular flexibility index (Phi) is 5.41. The summed E-state index contributed by atoms with van der Waals surface area (Å²) >= 11 is 4.74. The second-order valence-electron chi connectivity index (χ2n) is 4.62. The van der Waals surface area contributed by atoms with Gasteiger partial charge < -0.3 is 9.67 Å². The van der Waals surface area contributed by atoms with Gasteiger partial charge in [-0.25, -0.2) is 0 Å². The van der Waals surface area contributed by atoms with Crippen LogP contribution in [0, 0.1) is 6.92 Å². The van der Waals surface area contributed by atoms with E-state index >= 15 is 0 Å². The Balaban J connectivity index is 2.43. The normalized spacial score (nSPS) is 10.8. The van der Waals surface area contributed by atoms with Crippen molar-refractivity contribution in [3.63, 3.8) is 0 Å². The fourth-order valence-electron chi connectivity index (χ4n) is 1.96. The molecule has 0 radical (unpaired) electrons. The Bertz CT molecular complexity index is 658. The summed E-state index contributed by atoms with van der Waals surface area (Å²) < 4.78 is 2.93. The lowest BCUT2D eigenvalue weighted by atomic mass is 10.1. The van der Waals surface area contributed by atoms with Crippen LogP contribution in [0.25, 0.3) is 11.4 Å². The summed E-state index contributed by atoms with van der Waals surface area (Å²) in [5.74, 6) is -0.110. The molecule has 0 amide bonds. The zero-order valence-electron chi connectivity index (χ0n) is 11.8. The Morgan fingerprint density at radius 2 is 2.19 bits per heavy atom. The molecule has 0 spiro atoms. The molecular formula is C14H16BrN3O2S. The molecule has 0 unspecified atom stereocenters. The molecule has 0 fully saturated rings. The lowest BCUT2D eigenvalue weighted by molar-refractivity contribution is -0.133. The fourth-order valence-corrected chi connectivity index (χ4v) is 3.07. The number of carbonyl (C=O) groups is 1. The molecule has 21 heavy (non-hydrogen) atoms. The number of nitrogens with zero attached hydrogens (tertiary/aromatic N) is 3. The number of aromatic nitrogens is 3. The third kappa shape index (κ3) is 3.85. The number of hydrogen-bond donors (Lipinski definition) is 1. The molecule has 0 saturated carbocycles. The number of rotatable bonds is 6. The highest BCUT2D eigenvalue weighted by Gasteiger charge is 2.16. The van der Waals surface area contributed by atoms with Gasteiger partial charge in [0.2, 0.25) is 0 Å². The number of aliphatic carboxylic acids is 1. The molecule has 2 rings (SSSR count). The van der Waals surface area contributed by atoms with Crippen molar-refractivity contribution in [3.8, 4) is 11.4 Å². The van der Waals surface area contributed by atoms with Crippen LogP contribution in [0.4, 0.5) is 0 Å². The predicted octanol–water partition coefficient (Wildman–Crippen LogP) is 3.60. The van der Waals surface area contributed by atoms with Crippen molar-refractivity contribution in [2.75, 3.05) is 5.75 Å². The minimum atomic E-state index is -0.857. The van der Waals surface area contributed by atoms with Gasteiger partial charge in [0.25, 0.3) is 0 Å². The first-order chi connectivity index (χ1) is 10.0. The van der Waals surface area contributed by atoms with Gasteiger partial charge in [-0.05, 0) is 25.5 Å². The zero-order chi connectivity index (χ0) is 15.4. The number of hydrogen-bond acceptors (Lipinski definition) is 4. The average molecular weight is 370 g/mol. The second kappa shape index (κ2) is 7.09. The van der Waals surface area contributed by atoms with E-state index in [2.05, 4.69) is 33.1 Å². The molecule has 1 N–H and O–H groups in total. The summed E-state index contributed by atoms with van der Waals surface area (Å²) in [5, 5.41) is 17.9. The van der Waals surface area contributed by atoms with E-state index in [9.17, 15) is 4.79 Å². The van der Waals surface area contributed by atoms with Crippen LogP contribution in [0.5, 0.6) is 0 Å². The first-order valence-corrected chi connectivity index (χ1v) is 8.35. The Labute approximate surface area is 135 Å². The van der Waals surface area contributed by atoms with E-state index in [0.29, 0.717) is 5.16 Å². The SMILES string of the molecule is CCCn1c(SCC(=O)O)nnc1-c1cc(C)ccc1Br. The first-order valence-electron chi connectivity index (χ1n) is 6.57. The van der Waals surface area contributed by atoms with E-state index < -0.39 is 5.97 Å². The van der Waals surface area contributed by atoms with Crippen molar-refractivity contribution in [1.82, 2.24) is 14.8 Å². The highest BCUT2D eigenvalue weighted by molar-refractivity contribution is 9.10. The van der Waals surface area contributed by atoms with Crippen molar-refractivity contribution < 1.29 is 9.90 Å². The van der Waals surface area contributed by atoms with Gasteiger partial charge in [0.15, 0.2) is 11.0 Å². The van der Waals surface area contributed by atoms with Crippen LogP contribution in [0.15, 0.2) is 27.8 Å². The van der Waals surface area contributed by atoms with E-state index in [1.165, 1.54) is 11.8 Å². The maximum Gasteiger partial charge on any atom is 0.313 e. The molecule has 112 valence electrons. The molecule has 0 saturated heterocycles. The molecule has 0 atom stereocenters. The van der Waals surface area contributed by atoms with Gasteiger partial charge in [0, 0.05) is 16.6 Å². The molecule has 1 aromatic carbocycles. The Morgan fingerprint density at radius 3 is 2.86 bits per heavy atom. The van der Waals surface area contributed by atoms with Crippen LogP contribution < -0.4 is 0 Å². The fraction of sp³-hybridized carbons (Fsp3) is 0.357. The third-order valence-electron chi connectivity index (χ3n) is 2.85. The topological polar surface area (TPSA) is 68.0 Å². The van der Waals surface area contributed by atoms with Crippen LogP contribution >= 0.6 is 27.7 Å². The second-order valence-corrected chi connectivity index (χ2v) is 6.42. The van der Waals surface area contributed by atoms with Crippen molar-refractivity contribution in [2.24, 2.45) is 0 Å². The Hall–Kier alpha value is -1.34. The van der Waals surface area contributed by atoms with Gasteiger partial charge in [0.1, 0.15) is 0 Å². The third-order valence-corrected chi connectivity index (χ3v) is 4.49. The minimum absolute atomic E-state index is 0.0170. The van der Waals surface area contributed by atoms with E-state index in [-0.39, 0.29) is 5.75 Å². The van der Waals surface area contributed by atoms with Crippen LogP contribution in [0.1, 0.15) is 18.9 Å². The highest BCUT2D eigenvalue weighted by Crippen LogP contribution is 2.30. The molecular weight excluding hydrogens is 354 g/mol. The maximum atomic E-state index is 10.7. The van der Waals surface area contributed by atoms with Gasteiger partial charge in [-0.2, -0.15) is 0 Å². The van der Waals surface area contributed by atoms with Crippen LogP contribution in [0.2, 0.25) is 0 Å². The molecule has 0 aliphatic carbocycles. The summed E-state index contributed by atoms with van der Waals surface area (Å²) in [4.78, 5) is 10.7. The van der Waals surface area contributed by atoms with Crippen molar-refractivity contribution in [2.45, 2.75) is 32.0 Å². The highest BCUT2D eigenvalue weighted by atomic mass is 79.9. The maximum absolute atomic E-state index is 10.7. The van der Waals surface area contributed by atoms with Crippen LogP contribution in [-0.4, -0.2) is 31.6 Å². The molecule has 1 heterocycles. The summed E-state index contributed by atoms with van der Waals surface area (Å²) in [6.45, 7) is 4.85. The Morgan fingerprint density at radius 1 is 1.43 bits per heavy atom. The van der Waals surface area contributed by atoms with E-state index in [4.69, 9.17) is 5.11 Å². The van der Waals surface area contributed by atoms with Crippen molar-refractivity contribution in [1.29, 1.82) is 0 Å². The molecule has 0 bridgehead atoms. The number of carboxylic acids is 1. The minimum Gasteiger partial charge on any atom is -0.481 e. The summed E-state index contributed by atoms with van der Waals surface area (Å²) in [6, 6.07) is 6.06. The largest absolute Gasteiger partial charge is 0.481 e. The molecule has 7 heteroatoms. The van der Waals surface area contributed by atoms with Crippen LogP contribution in [-0.2, 0) is 11.3 Å². The van der Waals surface area contributed by atoms with Gasteiger partial charge in [-0.1, -0.05) is 46.2 Å². The predicted molar refractivity (Wildman–Crippen MR) is 86.5 cm³/mol. The molecule has 1 aromatic heterocycles. The molecule has 0 aliphatic rings. The van der Waals surface area contributed by atoms with E-state index in [1.807, 2.05) is 29.7 Å². The average Bonchev–Trinajstić information content (AvgIpc) is 2.82. The zero-order valence-corrected chi connectivity index (χ0v) is 14.2. The standard InChI is InChI=1S/C14H16BrN3O2S/c1-3-6-18-13(10-7-9(2)4-5-11(10)15)16-17-14(18)21-8-12(19)20/h4-5,7H,3,6,8H2,1-2H3,(H,19,20). The van der Waals surface area contributed by atoms with Crippen LogP contribution in [0.3, 0.4) is 0 Å². The summed E-state index contributed by atoms with van der Waals surface area (Å²) in [7, 11) is 0. The van der Waals surface area contributed by atoms with Gasteiger partial charge in [0.05, 0.1) is 5.75 Å². The monoisotopic (exact) mass is 369 g/mol. The van der Waals surface area contributed by atoms with Crippen molar-refractivity contribution >= 4 is 33.7 Å². The quantitative estimate of drug-likeness (QED) is 0.787. The lowest BCUT2D eigenvalue weighted by Gasteiger charge is -2.10. The van der Waals surface area contributed by atoms with Gasteiger partial charge in [-0.15, -0.1) is 10.2 Å². The van der Waals surface area contributed by atoms with E-state index in [0.717, 1.165) is 34.4 Å². The molecule has 0 aliphatic heterocycles. The lowest BCUT2D eigenvalue weighted by Crippen LogP contribution is -2.05. The van der Waals surface area contributed by atoms with Crippen molar-refractivity contribution in [3.05, 3.63) is 28.2 Å². The van der Waals surface area contributed by atoms with Gasteiger partial charge >= 0.3 is 5.97 Å². The summed E-state index contributed by atoms with van der Waals surface area (Å²) in [5.41, 5.74) is 2.11. The molecule has 5 nitrogen and oxygen atoms in total. The first kappa shape index (κ1) is 16.0. The van der Waals surface area contributed by atoms with Gasteiger partial charge in [-0.3, -0.25) is 4.79 Å². The smallest absolute Gasteiger partial charge is 0.313 e. The number of carboxylic acid groups (broad SMARTS) is 1. The number of thioether (sulfide) groups is 1. The number of benzene rings is 1. The number of halogens is 1. The number of aryl methyl sites for hydroxylation is 1. The summed E-state index contributed by atoms with van der Waals surface area (Å²) in [6.07, 6.45) is 0.926.